The first kappa shape index (κ1) is 11.9. The Morgan fingerprint density at radius 3 is 3.06 bits per heavy atom. The van der Waals surface area contributed by atoms with Crippen LogP contribution in [0.25, 0.3) is 0 Å². The smallest absolute Gasteiger partial charge is 0.256 e. The SMILES string of the molecule is CC1=CCCN(C(=O)c2cc(Cl)ncc2N)C1. The van der Waals surface area contributed by atoms with Crippen LogP contribution in [0.5, 0.6) is 0 Å². The minimum absolute atomic E-state index is 0.0840. The van der Waals surface area contributed by atoms with Gasteiger partial charge in [-0.15, -0.1) is 0 Å². The number of hydrogen-bond acceptors (Lipinski definition) is 3. The molecule has 0 radical (unpaired) electrons. The summed E-state index contributed by atoms with van der Waals surface area (Å²) in [4.78, 5) is 17.9. The lowest BCUT2D eigenvalue weighted by atomic mass is 10.1. The van der Waals surface area contributed by atoms with Crippen LogP contribution in [0, 0.1) is 0 Å². The summed E-state index contributed by atoms with van der Waals surface area (Å²) in [6.07, 6.45) is 4.45. The second-order valence-corrected chi connectivity index (χ2v) is 4.55. The topological polar surface area (TPSA) is 59.2 Å². The lowest BCUT2D eigenvalue weighted by molar-refractivity contribution is 0.0767. The largest absolute Gasteiger partial charge is 0.397 e. The normalized spacial score (nSPS) is 15.6. The van der Waals surface area contributed by atoms with Crippen LogP contribution in [0.2, 0.25) is 5.15 Å². The highest BCUT2D eigenvalue weighted by atomic mass is 35.5. The molecule has 0 spiro atoms. The van der Waals surface area contributed by atoms with E-state index >= 15 is 0 Å². The van der Waals surface area contributed by atoms with Crippen LogP contribution in [0.15, 0.2) is 23.9 Å². The molecule has 0 aromatic carbocycles. The lowest BCUT2D eigenvalue weighted by Crippen LogP contribution is -2.35. The number of carbonyl (C=O) groups is 1. The second-order valence-electron chi connectivity index (χ2n) is 4.16. The predicted molar refractivity (Wildman–Crippen MR) is 67.9 cm³/mol. The Labute approximate surface area is 105 Å². The van der Waals surface area contributed by atoms with Gasteiger partial charge in [0.25, 0.3) is 5.91 Å². The van der Waals surface area contributed by atoms with Crippen LogP contribution < -0.4 is 5.73 Å². The van der Waals surface area contributed by atoms with Gasteiger partial charge in [-0.25, -0.2) is 4.98 Å². The number of rotatable bonds is 1. The number of nitrogen functional groups attached to an aromatic ring is 1. The number of carbonyl (C=O) groups excluding carboxylic acids is 1. The molecule has 1 aliphatic rings. The molecule has 2 rings (SSSR count). The molecule has 0 saturated carbocycles. The van der Waals surface area contributed by atoms with Crippen molar-refractivity contribution in [2.75, 3.05) is 18.8 Å². The van der Waals surface area contributed by atoms with Crippen molar-refractivity contribution in [3.63, 3.8) is 0 Å². The Kier molecular flexibility index (Phi) is 3.33. The number of aromatic nitrogens is 1. The zero-order valence-electron chi connectivity index (χ0n) is 9.61. The average molecular weight is 252 g/mol. The van der Waals surface area contributed by atoms with E-state index in [9.17, 15) is 4.79 Å². The van der Waals surface area contributed by atoms with Crippen LogP contribution in [0.1, 0.15) is 23.7 Å². The molecule has 0 aliphatic carbocycles. The highest BCUT2D eigenvalue weighted by Gasteiger charge is 2.20. The number of pyridine rings is 1. The molecule has 1 aromatic heterocycles. The Balaban J connectivity index is 2.25. The Bertz CT molecular complexity index is 485. The third kappa shape index (κ3) is 2.58. The van der Waals surface area contributed by atoms with E-state index in [-0.39, 0.29) is 11.1 Å². The van der Waals surface area contributed by atoms with Crippen LogP contribution in [0.3, 0.4) is 0 Å². The Morgan fingerprint density at radius 2 is 2.35 bits per heavy atom. The van der Waals surface area contributed by atoms with E-state index in [0.29, 0.717) is 17.8 Å². The summed E-state index contributed by atoms with van der Waals surface area (Å²) >= 11 is 5.78. The molecule has 0 saturated heterocycles. The average Bonchev–Trinajstić information content (AvgIpc) is 2.31. The zero-order valence-corrected chi connectivity index (χ0v) is 10.4. The van der Waals surface area contributed by atoms with Gasteiger partial charge in [-0.1, -0.05) is 23.3 Å². The maximum absolute atomic E-state index is 12.3. The van der Waals surface area contributed by atoms with Crippen molar-refractivity contribution in [1.82, 2.24) is 9.88 Å². The van der Waals surface area contributed by atoms with Gasteiger partial charge in [0, 0.05) is 13.1 Å². The number of anilines is 1. The molecular formula is C12H14ClN3O. The van der Waals surface area contributed by atoms with Crippen molar-refractivity contribution in [2.45, 2.75) is 13.3 Å². The van der Waals surface area contributed by atoms with Gasteiger partial charge in [-0.3, -0.25) is 4.79 Å². The summed E-state index contributed by atoms with van der Waals surface area (Å²) < 4.78 is 0. The molecule has 0 bridgehead atoms. The van der Waals surface area contributed by atoms with E-state index in [2.05, 4.69) is 11.1 Å². The molecule has 1 aromatic rings. The van der Waals surface area contributed by atoms with Gasteiger partial charge >= 0.3 is 0 Å². The molecule has 17 heavy (non-hydrogen) atoms. The quantitative estimate of drug-likeness (QED) is 0.614. The van der Waals surface area contributed by atoms with Crippen LogP contribution >= 0.6 is 11.6 Å². The molecule has 0 fully saturated rings. The molecule has 1 aliphatic heterocycles. The van der Waals surface area contributed by atoms with Crippen molar-refractivity contribution in [3.8, 4) is 0 Å². The fourth-order valence-corrected chi connectivity index (χ4v) is 2.04. The maximum Gasteiger partial charge on any atom is 0.256 e. The molecule has 1 amide bonds. The number of amides is 1. The van der Waals surface area contributed by atoms with Crippen LogP contribution in [-0.4, -0.2) is 28.9 Å². The van der Waals surface area contributed by atoms with E-state index < -0.39 is 0 Å². The maximum atomic E-state index is 12.3. The highest BCUT2D eigenvalue weighted by molar-refractivity contribution is 6.29. The summed E-state index contributed by atoms with van der Waals surface area (Å²) in [5.74, 6) is -0.0840. The van der Waals surface area contributed by atoms with Gasteiger partial charge < -0.3 is 10.6 Å². The van der Waals surface area contributed by atoms with Crippen molar-refractivity contribution in [2.24, 2.45) is 0 Å². The van der Waals surface area contributed by atoms with Crippen molar-refractivity contribution >= 4 is 23.2 Å². The van der Waals surface area contributed by atoms with Gasteiger partial charge in [0.1, 0.15) is 5.15 Å². The van der Waals surface area contributed by atoms with Gasteiger partial charge in [0.15, 0.2) is 0 Å². The molecule has 4 nitrogen and oxygen atoms in total. The first-order chi connectivity index (χ1) is 8.08. The van der Waals surface area contributed by atoms with Gasteiger partial charge in [0.05, 0.1) is 17.4 Å². The Morgan fingerprint density at radius 1 is 1.59 bits per heavy atom. The molecule has 5 heteroatoms. The summed E-state index contributed by atoms with van der Waals surface area (Å²) in [5.41, 5.74) is 7.74. The summed E-state index contributed by atoms with van der Waals surface area (Å²) in [6, 6.07) is 1.52. The third-order valence-electron chi connectivity index (χ3n) is 2.75. The first-order valence-electron chi connectivity index (χ1n) is 5.44. The highest BCUT2D eigenvalue weighted by Crippen LogP contribution is 2.19. The number of hydrogen-bond donors (Lipinski definition) is 1. The van der Waals surface area contributed by atoms with Crippen molar-refractivity contribution < 1.29 is 4.79 Å². The Hall–Kier alpha value is -1.55. The number of halogens is 1. The second kappa shape index (κ2) is 4.75. The first-order valence-corrected chi connectivity index (χ1v) is 5.81. The fourth-order valence-electron chi connectivity index (χ4n) is 1.88. The lowest BCUT2D eigenvalue weighted by Gasteiger charge is -2.26. The molecule has 0 atom stereocenters. The van der Waals surface area contributed by atoms with Gasteiger partial charge in [0.2, 0.25) is 0 Å². The van der Waals surface area contributed by atoms with E-state index in [0.717, 1.165) is 13.0 Å². The molecule has 0 unspecified atom stereocenters. The predicted octanol–water partition coefficient (Wildman–Crippen LogP) is 2.11. The van der Waals surface area contributed by atoms with Crippen molar-refractivity contribution in [3.05, 3.63) is 34.6 Å². The van der Waals surface area contributed by atoms with E-state index in [4.69, 9.17) is 17.3 Å². The minimum Gasteiger partial charge on any atom is -0.397 e. The summed E-state index contributed by atoms with van der Waals surface area (Å²) in [6.45, 7) is 3.39. The summed E-state index contributed by atoms with van der Waals surface area (Å²) in [5, 5.41) is 0.284. The van der Waals surface area contributed by atoms with Gasteiger partial charge in [-0.2, -0.15) is 0 Å². The van der Waals surface area contributed by atoms with Crippen molar-refractivity contribution in [1.29, 1.82) is 0 Å². The summed E-state index contributed by atoms with van der Waals surface area (Å²) in [7, 11) is 0. The van der Waals surface area contributed by atoms with E-state index in [1.54, 1.807) is 4.90 Å². The van der Waals surface area contributed by atoms with Gasteiger partial charge in [-0.05, 0) is 19.4 Å². The molecule has 2 heterocycles. The molecular weight excluding hydrogens is 238 g/mol. The molecule has 90 valence electrons. The standard InChI is InChI=1S/C12H14ClN3O/c1-8-3-2-4-16(7-8)12(17)9-5-11(13)15-6-10(9)14/h3,5-6H,2,4,7,14H2,1H3. The minimum atomic E-state index is -0.0840. The molecule has 2 N–H and O–H groups in total. The fraction of sp³-hybridized carbons (Fsp3) is 0.333. The monoisotopic (exact) mass is 251 g/mol. The third-order valence-corrected chi connectivity index (χ3v) is 2.96. The number of nitrogens with zero attached hydrogens (tertiary/aromatic N) is 2. The van der Waals surface area contributed by atoms with E-state index in [1.807, 2.05) is 6.92 Å². The van der Waals surface area contributed by atoms with E-state index in [1.165, 1.54) is 17.8 Å². The number of nitrogens with two attached hydrogens (primary N) is 1. The zero-order chi connectivity index (χ0) is 12.4. The van der Waals surface area contributed by atoms with Crippen LogP contribution in [-0.2, 0) is 0 Å². The van der Waals surface area contributed by atoms with Crippen LogP contribution in [0.4, 0.5) is 5.69 Å².